The first kappa shape index (κ1) is 14.2. The van der Waals surface area contributed by atoms with E-state index in [1.807, 2.05) is 24.6 Å². The molecule has 4 nitrogen and oxygen atoms in total. The molecule has 0 unspecified atom stereocenters. The standard InChI is InChI=1S/C14H20N2O2S/c1-15(9-13-3-2-8-19-13)14(18)10-16-6-4-12(11-17)5-7-16/h2-3,8,11-12H,4-7,9-10H2,1H3. The van der Waals surface area contributed by atoms with E-state index in [0.29, 0.717) is 13.1 Å². The summed E-state index contributed by atoms with van der Waals surface area (Å²) in [6.07, 6.45) is 2.80. The third-order valence-corrected chi connectivity index (χ3v) is 4.44. The average Bonchev–Trinajstić information content (AvgIpc) is 2.92. The molecular formula is C14H20N2O2S. The van der Waals surface area contributed by atoms with E-state index in [-0.39, 0.29) is 11.8 Å². The summed E-state index contributed by atoms with van der Waals surface area (Å²) in [6, 6.07) is 4.05. The van der Waals surface area contributed by atoms with Gasteiger partial charge in [0.05, 0.1) is 13.1 Å². The molecule has 1 saturated heterocycles. The van der Waals surface area contributed by atoms with Crippen molar-refractivity contribution in [1.82, 2.24) is 9.80 Å². The molecule has 0 saturated carbocycles. The number of likely N-dealkylation sites (N-methyl/N-ethyl adjacent to an activating group) is 1. The molecule has 1 aromatic heterocycles. The molecule has 1 amide bonds. The monoisotopic (exact) mass is 280 g/mol. The normalized spacial score (nSPS) is 17.3. The summed E-state index contributed by atoms with van der Waals surface area (Å²) < 4.78 is 0. The van der Waals surface area contributed by atoms with Crippen molar-refractivity contribution < 1.29 is 9.59 Å². The third kappa shape index (κ3) is 4.14. The van der Waals surface area contributed by atoms with Crippen LogP contribution in [0, 0.1) is 5.92 Å². The number of carbonyl (C=O) groups excluding carboxylic acids is 2. The largest absolute Gasteiger partial charge is 0.340 e. The van der Waals surface area contributed by atoms with Crippen LogP contribution < -0.4 is 0 Å². The van der Waals surface area contributed by atoms with E-state index in [1.54, 1.807) is 16.2 Å². The first-order valence-corrected chi connectivity index (χ1v) is 7.51. The Morgan fingerprint density at radius 3 is 2.84 bits per heavy atom. The molecule has 2 heterocycles. The molecule has 0 aliphatic carbocycles. The van der Waals surface area contributed by atoms with Gasteiger partial charge in [0.15, 0.2) is 0 Å². The lowest BCUT2D eigenvalue weighted by atomic mass is 9.99. The van der Waals surface area contributed by atoms with Crippen molar-refractivity contribution in [3.8, 4) is 0 Å². The van der Waals surface area contributed by atoms with Gasteiger partial charge >= 0.3 is 0 Å². The van der Waals surface area contributed by atoms with Gasteiger partial charge < -0.3 is 9.69 Å². The van der Waals surface area contributed by atoms with Crippen LogP contribution in [-0.4, -0.2) is 48.7 Å². The van der Waals surface area contributed by atoms with Crippen LogP contribution in [0.2, 0.25) is 0 Å². The number of carbonyl (C=O) groups is 2. The molecule has 1 aromatic rings. The molecule has 0 atom stereocenters. The van der Waals surface area contributed by atoms with Gasteiger partial charge in [0.2, 0.25) is 5.91 Å². The van der Waals surface area contributed by atoms with E-state index in [2.05, 4.69) is 4.90 Å². The van der Waals surface area contributed by atoms with Crippen LogP contribution in [0.3, 0.4) is 0 Å². The zero-order chi connectivity index (χ0) is 13.7. The molecule has 0 aromatic carbocycles. The number of aldehydes is 1. The molecule has 0 radical (unpaired) electrons. The molecular weight excluding hydrogens is 260 g/mol. The van der Waals surface area contributed by atoms with Crippen molar-refractivity contribution in [3.05, 3.63) is 22.4 Å². The van der Waals surface area contributed by atoms with Crippen LogP contribution in [0.4, 0.5) is 0 Å². The lowest BCUT2D eigenvalue weighted by molar-refractivity contribution is -0.132. The predicted molar refractivity (Wildman–Crippen MR) is 76.0 cm³/mol. The van der Waals surface area contributed by atoms with Gasteiger partial charge in [0.25, 0.3) is 0 Å². The molecule has 0 spiro atoms. The van der Waals surface area contributed by atoms with Gasteiger partial charge in [0.1, 0.15) is 6.29 Å². The Balaban J connectivity index is 1.76. The second kappa shape index (κ2) is 6.82. The molecule has 19 heavy (non-hydrogen) atoms. The Hall–Kier alpha value is -1.20. The summed E-state index contributed by atoms with van der Waals surface area (Å²) in [7, 11) is 1.85. The summed E-state index contributed by atoms with van der Waals surface area (Å²) in [5, 5.41) is 2.03. The van der Waals surface area contributed by atoms with Crippen LogP contribution in [0.25, 0.3) is 0 Å². The van der Waals surface area contributed by atoms with Crippen molar-refractivity contribution >= 4 is 23.5 Å². The number of amides is 1. The zero-order valence-electron chi connectivity index (χ0n) is 11.2. The number of likely N-dealkylation sites (tertiary alicyclic amines) is 1. The smallest absolute Gasteiger partial charge is 0.236 e. The first-order chi connectivity index (χ1) is 9.19. The SMILES string of the molecule is CN(Cc1cccs1)C(=O)CN1CCC(C=O)CC1. The van der Waals surface area contributed by atoms with E-state index in [4.69, 9.17) is 0 Å². The fraction of sp³-hybridized carbons (Fsp3) is 0.571. The third-order valence-electron chi connectivity index (χ3n) is 3.58. The Bertz CT molecular complexity index is 411. The van der Waals surface area contributed by atoms with E-state index in [0.717, 1.165) is 32.2 Å². The van der Waals surface area contributed by atoms with Gasteiger partial charge in [0, 0.05) is 17.8 Å². The first-order valence-electron chi connectivity index (χ1n) is 6.63. The van der Waals surface area contributed by atoms with E-state index < -0.39 is 0 Å². The lowest BCUT2D eigenvalue weighted by Crippen LogP contribution is -2.42. The van der Waals surface area contributed by atoms with Gasteiger partial charge in [-0.1, -0.05) is 6.07 Å². The van der Waals surface area contributed by atoms with E-state index >= 15 is 0 Å². The maximum Gasteiger partial charge on any atom is 0.236 e. The summed E-state index contributed by atoms with van der Waals surface area (Å²) in [6.45, 7) is 2.85. The molecule has 2 rings (SSSR count). The van der Waals surface area contributed by atoms with Crippen molar-refractivity contribution in [2.75, 3.05) is 26.7 Å². The van der Waals surface area contributed by atoms with Gasteiger partial charge in [-0.05, 0) is 37.4 Å². The van der Waals surface area contributed by atoms with Gasteiger partial charge in [-0.3, -0.25) is 9.69 Å². The minimum absolute atomic E-state index is 0.151. The predicted octanol–water partition coefficient (Wildman–Crippen LogP) is 1.62. The highest BCUT2D eigenvalue weighted by atomic mass is 32.1. The van der Waals surface area contributed by atoms with Crippen LogP contribution in [0.5, 0.6) is 0 Å². The van der Waals surface area contributed by atoms with Crippen molar-refractivity contribution in [2.24, 2.45) is 5.92 Å². The highest BCUT2D eigenvalue weighted by Crippen LogP contribution is 2.15. The topological polar surface area (TPSA) is 40.6 Å². The van der Waals surface area contributed by atoms with Gasteiger partial charge in [-0.15, -0.1) is 11.3 Å². The Labute approximate surface area is 118 Å². The zero-order valence-corrected chi connectivity index (χ0v) is 12.1. The molecule has 1 fully saturated rings. The molecule has 5 heteroatoms. The highest BCUT2D eigenvalue weighted by molar-refractivity contribution is 7.09. The number of nitrogens with zero attached hydrogens (tertiary/aromatic N) is 2. The van der Waals surface area contributed by atoms with Crippen molar-refractivity contribution in [2.45, 2.75) is 19.4 Å². The second-order valence-corrected chi connectivity index (χ2v) is 6.11. The van der Waals surface area contributed by atoms with Gasteiger partial charge in [-0.2, -0.15) is 0 Å². The van der Waals surface area contributed by atoms with Crippen molar-refractivity contribution in [3.63, 3.8) is 0 Å². The maximum atomic E-state index is 12.1. The molecule has 0 bridgehead atoms. The molecule has 1 aliphatic heterocycles. The maximum absolute atomic E-state index is 12.1. The second-order valence-electron chi connectivity index (χ2n) is 5.08. The van der Waals surface area contributed by atoms with Crippen LogP contribution >= 0.6 is 11.3 Å². The lowest BCUT2D eigenvalue weighted by Gasteiger charge is -2.30. The summed E-state index contributed by atoms with van der Waals surface area (Å²) >= 11 is 1.67. The van der Waals surface area contributed by atoms with Crippen LogP contribution in [-0.2, 0) is 16.1 Å². The number of hydrogen-bond donors (Lipinski definition) is 0. The summed E-state index contributed by atoms with van der Waals surface area (Å²) in [5.74, 6) is 0.341. The van der Waals surface area contributed by atoms with E-state index in [1.165, 1.54) is 4.88 Å². The summed E-state index contributed by atoms with van der Waals surface area (Å²) in [5.41, 5.74) is 0. The Morgan fingerprint density at radius 2 is 2.26 bits per heavy atom. The van der Waals surface area contributed by atoms with Crippen LogP contribution in [0.1, 0.15) is 17.7 Å². The average molecular weight is 280 g/mol. The molecule has 104 valence electrons. The van der Waals surface area contributed by atoms with Crippen LogP contribution in [0.15, 0.2) is 17.5 Å². The molecule has 0 N–H and O–H groups in total. The fourth-order valence-electron chi connectivity index (χ4n) is 2.28. The summed E-state index contributed by atoms with van der Waals surface area (Å²) in [4.78, 5) is 27.9. The Morgan fingerprint density at radius 1 is 1.53 bits per heavy atom. The number of hydrogen-bond acceptors (Lipinski definition) is 4. The minimum atomic E-state index is 0.151. The minimum Gasteiger partial charge on any atom is -0.340 e. The fourth-order valence-corrected chi connectivity index (χ4v) is 3.04. The van der Waals surface area contributed by atoms with Gasteiger partial charge in [-0.25, -0.2) is 0 Å². The number of thiophene rings is 1. The number of piperidine rings is 1. The number of rotatable bonds is 5. The highest BCUT2D eigenvalue weighted by Gasteiger charge is 2.21. The quantitative estimate of drug-likeness (QED) is 0.770. The molecule has 1 aliphatic rings. The van der Waals surface area contributed by atoms with E-state index in [9.17, 15) is 9.59 Å². The Kier molecular flexibility index (Phi) is 5.10. The van der Waals surface area contributed by atoms with Crippen molar-refractivity contribution in [1.29, 1.82) is 0 Å².